The number of hydrogen-bond donors (Lipinski definition) is 1. The normalized spacial score (nSPS) is 13.9. The molecular weight excluding hydrogens is 264 g/mol. The number of ether oxygens (including phenoxy) is 1. The lowest BCUT2D eigenvalue weighted by atomic mass is 9.92. The Morgan fingerprint density at radius 1 is 1.21 bits per heavy atom. The molecule has 0 saturated heterocycles. The Kier molecular flexibility index (Phi) is 3.25. The number of H-pyrrole nitrogens is 1. The summed E-state index contributed by atoms with van der Waals surface area (Å²) in [7, 11) is 0. The topological polar surface area (TPSA) is 55.0 Å². The van der Waals surface area contributed by atoms with Crippen molar-refractivity contribution in [1.82, 2.24) is 9.97 Å². The molecule has 2 aromatic rings. The van der Waals surface area contributed by atoms with Crippen LogP contribution >= 0.6 is 11.6 Å². The molecule has 0 spiro atoms. The van der Waals surface area contributed by atoms with E-state index in [1.165, 1.54) is 30.3 Å². The van der Waals surface area contributed by atoms with E-state index in [1.807, 2.05) is 12.1 Å². The van der Waals surface area contributed by atoms with E-state index >= 15 is 0 Å². The van der Waals surface area contributed by atoms with Crippen molar-refractivity contribution >= 4 is 11.6 Å². The van der Waals surface area contributed by atoms with Gasteiger partial charge in [0.2, 0.25) is 5.88 Å². The maximum atomic E-state index is 11.4. The summed E-state index contributed by atoms with van der Waals surface area (Å²) in [6.07, 6.45) is 5.93. The van der Waals surface area contributed by atoms with Gasteiger partial charge in [0.05, 0.1) is 6.33 Å². The Balaban J connectivity index is 1.91. The van der Waals surface area contributed by atoms with Crippen molar-refractivity contribution in [3.63, 3.8) is 0 Å². The second-order valence-corrected chi connectivity index (χ2v) is 4.97. The van der Waals surface area contributed by atoms with Gasteiger partial charge in [0, 0.05) is 0 Å². The lowest BCUT2D eigenvalue weighted by Gasteiger charge is -2.16. The first-order valence-corrected chi connectivity index (χ1v) is 6.64. The molecule has 4 nitrogen and oxygen atoms in total. The molecule has 1 aromatic heterocycles. The van der Waals surface area contributed by atoms with Crippen LogP contribution in [0.15, 0.2) is 29.3 Å². The van der Waals surface area contributed by atoms with E-state index in [4.69, 9.17) is 16.3 Å². The highest BCUT2D eigenvalue weighted by atomic mass is 35.5. The second-order valence-electron chi connectivity index (χ2n) is 4.59. The molecule has 0 atom stereocenters. The monoisotopic (exact) mass is 276 g/mol. The summed E-state index contributed by atoms with van der Waals surface area (Å²) in [5, 5.41) is -0.0276. The maximum Gasteiger partial charge on any atom is 0.273 e. The van der Waals surface area contributed by atoms with Crippen molar-refractivity contribution in [1.29, 1.82) is 0 Å². The molecule has 1 N–H and O–H groups in total. The van der Waals surface area contributed by atoms with E-state index < -0.39 is 5.56 Å². The molecule has 1 aliphatic rings. The van der Waals surface area contributed by atoms with Gasteiger partial charge in [-0.1, -0.05) is 17.7 Å². The van der Waals surface area contributed by atoms with Crippen LogP contribution in [0.2, 0.25) is 5.02 Å². The Hall–Kier alpha value is -1.81. The molecule has 3 rings (SSSR count). The zero-order valence-electron chi connectivity index (χ0n) is 10.3. The van der Waals surface area contributed by atoms with Crippen LogP contribution in [0.5, 0.6) is 11.6 Å². The lowest BCUT2D eigenvalue weighted by molar-refractivity contribution is 0.459. The molecule has 5 heteroatoms. The number of aryl methyl sites for hydroxylation is 2. The zero-order chi connectivity index (χ0) is 13.2. The van der Waals surface area contributed by atoms with Gasteiger partial charge in [0.25, 0.3) is 5.56 Å². The minimum absolute atomic E-state index is 0.0276. The van der Waals surface area contributed by atoms with Crippen molar-refractivity contribution in [3.8, 4) is 11.6 Å². The average molecular weight is 277 g/mol. The summed E-state index contributed by atoms with van der Waals surface area (Å²) in [5.74, 6) is 0.807. The SMILES string of the molecule is O=c1[nH]cnc(Oc2ccc3c(c2)CCCC3)c1Cl. The highest BCUT2D eigenvalue weighted by molar-refractivity contribution is 6.31. The van der Waals surface area contributed by atoms with Gasteiger partial charge in [-0.3, -0.25) is 4.79 Å². The molecule has 1 aromatic carbocycles. The van der Waals surface area contributed by atoms with E-state index in [9.17, 15) is 4.79 Å². The second kappa shape index (κ2) is 5.05. The van der Waals surface area contributed by atoms with Gasteiger partial charge in [-0.25, -0.2) is 4.98 Å². The zero-order valence-corrected chi connectivity index (χ0v) is 11.0. The van der Waals surface area contributed by atoms with Gasteiger partial charge < -0.3 is 9.72 Å². The van der Waals surface area contributed by atoms with Gasteiger partial charge in [-0.2, -0.15) is 0 Å². The third-order valence-electron chi connectivity index (χ3n) is 3.30. The molecule has 0 radical (unpaired) electrons. The summed E-state index contributed by atoms with van der Waals surface area (Å²) in [6.45, 7) is 0. The number of hydrogen-bond acceptors (Lipinski definition) is 3. The van der Waals surface area contributed by atoms with Gasteiger partial charge in [0.1, 0.15) is 5.75 Å². The maximum absolute atomic E-state index is 11.4. The fraction of sp³-hybridized carbons (Fsp3) is 0.286. The van der Waals surface area contributed by atoms with E-state index in [0.717, 1.165) is 12.8 Å². The highest BCUT2D eigenvalue weighted by Crippen LogP contribution is 2.29. The Morgan fingerprint density at radius 3 is 2.84 bits per heavy atom. The molecule has 1 aliphatic carbocycles. The molecule has 19 heavy (non-hydrogen) atoms. The van der Waals surface area contributed by atoms with Crippen LogP contribution in [0.1, 0.15) is 24.0 Å². The molecule has 0 bridgehead atoms. The van der Waals surface area contributed by atoms with Gasteiger partial charge in [0.15, 0.2) is 5.02 Å². The van der Waals surface area contributed by atoms with E-state index in [0.29, 0.717) is 5.75 Å². The molecule has 0 unspecified atom stereocenters. The van der Waals surface area contributed by atoms with Crippen molar-refractivity contribution in [2.45, 2.75) is 25.7 Å². The van der Waals surface area contributed by atoms with E-state index in [2.05, 4.69) is 16.0 Å². The van der Waals surface area contributed by atoms with Crippen LogP contribution in [-0.4, -0.2) is 9.97 Å². The Bertz CT molecular complexity index is 667. The van der Waals surface area contributed by atoms with Crippen LogP contribution in [0.4, 0.5) is 0 Å². The summed E-state index contributed by atoms with van der Waals surface area (Å²) >= 11 is 5.86. The summed E-state index contributed by atoms with van der Waals surface area (Å²) < 4.78 is 5.59. The number of aromatic amines is 1. The molecule has 0 amide bonds. The van der Waals surface area contributed by atoms with Crippen LogP contribution in [0.3, 0.4) is 0 Å². The lowest BCUT2D eigenvalue weighted by Crippen LogP contribution is -2.08. The smallest absolute Gasteiger partial charge is 0.273 e. The van der Waals surface area contributed by atoms with Crippen molar-refractivity contribution in [2.75, 3.05) is 0 Å². The quantitative estimate of drug-likeness (QED) is 0.917. The number of fused-ring (bicyclic) bond motifs is 1. The van der Waals surface area contributed by atoms with Crippen LogP contribution < -0.4 is 10.3 Å². The van der Waals surface area contributed by atoms with Crippen molar-refractivity contribution < 1.29 is 4.74 Å². The standard InChI is InChI=1S/C14H13ClN2O2/c15-12-13(18)16-8-17-14(12)19-11-6-5-9-3-1-2-4-10(9)7-11/h5-8H,1-4H2,(H,16,17,18). The number of rotatable bonds is 2. The summed E-state index contributed by atoms with van der Waals surface area (Å²) in [4.78, 5) is 17.7. The van der Waals surface area contributed by atoms with E-state index in [1.54, 1.807) is 0 Å². The van der Waals surface area contributed by atoms with Crippen LogP contribution in [0, 0.1) is 0 Å². The van der Waals surface area contributed by atoms with Crippen molar-refractivity contribution in [3.05, 3.63) is 51.0 Å². The number of benzene rings is 1. The molecule has 0 saturated carbocycles. The van der Waals surface area contributed by atoms with Crippen molar-refractivity contribution in [2.24, 2.45) is 0 Å². The summed E-state index contributed by atoms with van der Waals surface area (Å²) in [5.41, 5.74) is 2.29. The molecule has 0 aliphatic heterocycles. The molecular formula is C14H13ClN2O2. The fourth-order valence-corrected chi connectivity index (χ4v) is 2.46. The first-order valence-electron chi connectivity index (χ1n) is 6.27. The average Bonchev–Trinajstić information content (AvgIpc) is 2.44. The third kappa shape index (κ3) is 2.49. The number of aromatic nitrogens is 2. The summed E-state index contributed by atoms with van der Waals surface area (Å²) in [6, 6.07) is 5.97. The highest BCUT2D eigenvalue weighted by Gasteiger charge is 2.12. The third-order valence-corrected chi connectivity index (χ3v) is 3.63. The fourth-order valence-electron chi connectivity index (χ4n) is 2.32. The predicted molar refractivity (Wildman–Crippen MR) is 73.0 cm³/mol. The molecule has 1 heterocycles. The number of nitrogens with zero attached hydrogens (tertiary/aromatic N) is 1. The Labute approximate surface area is 115 Å². The first kappa shape index (κ1) is 12.2. The largest absolute Gasteiger partial charge is 0.437 e. The number of halogens is 1. The van der Waals surface area contributed by atoms with E-state index in [-0.39, 0.29) is 10.9 Å². The van der Waals surface area contributed by atoms with Gasteiger partial charge in [-0.15, -0.1) is 0 Å². The van der Waals surface area contributed by atoms with Gasteiger partial charge >= 0.3 is 0 Å². The van der Waals surface area contributed by atoms with Crippen LogP contribution in [-0.2, 0) is 12.8 Å². The molecule has 98 valence electrons. The van der Waals surface area contributed by atoms with Gasteiger partial charge in [-0.05, 0) is 48.9 Å². The first-order chi connectivity index (χ1) is 9.24. The number of nitrogens with one attached hydrogen (secondary N) is 1. The minimum Gasteiger partial charge on any atom is -0.437 e. The Morgan fingerprint density at radius 2 is 2.00 bits per heavy atom. The van der Waals surface area contributed by atoms with Crippen LogP contribution in [0.25, 0.3) is 0 Å². The minimum atomic E-state index is -0.398. The molecule has 0 fully saturated rings. The predicted octanol–water partition coefficient (Wildman–Crippen LogP) is 3.09.